The summed E-state index contributed by atoms with van der Waals surface area (Å²) in [5.41, 5.74) is 2.40. The molecule has 1 unspecified atom stereocenters. The molecule has 53 heavy (non-hydrogen) atoms. The van der Waals surface area contributed by atoms with Gasteiger partial charge in [0.05, 0.1) is 83.3 Å². The van der Waals surface area contributed by atoms with E-state index in [1.807, 2.05) is 17.5 Å². The Morgan fingerprint density at radius 2 is 1.62 bits per heavy atom. The number of thiazole rings is 1. The van der Waals surface area contributed by atoms with Gasteiger partial charge in [0.15, 0.2) is 16.7 Å². The van der Waals surface area contributed by atoms with Crippen LogP contribution in [0, 0.1) is 11.6 Å². The van der Waals surface area contributed by atoms with Gasteiger partial charge in [0.1, 0.15) is 12.4 Å². The maximum absolute atomic E-state index is 14.9. The molecule has 0 saturated carbocycles. The first-order valence-electron chi connectivity index (χ1n) is 17.5. The molecule has 2 aliphatic heterocycles. The first-order chi connectivity index (χ1) is 25.9. The van der Waals surface area contributed by atoms with Crippen LogP contribution in [0.15, 0.2) is 48.0 Å². The lowest BCUT2D eigenvalue weighted by molar-refractivity contribution is -0.134. The number of rotatable bonds is 20. The average Bonchev–Trinajstić information content (AvgIpc) is 3.85. The minimum atomic E-state index is -1.06. The molecule has 2 aromatic carbocycles. The number of benzene rings is 2. The van der Waals surface area contributed by atoms with Crippen molar-refractivity contribution in [3.8, 4) is 22.8 Å². The first kappa shape index (κ1) is 38.2. The first-order valence-corrected chi connectivity index (χ1v) is 18.4. The third-order valence-electron chi connectivity index (χ3n) is 8.52. The number of hydrogen-bond acceptors (Lipinski definition) is 13. The molecule has 4 aromatic rings. The van der Waals surface area contributed by atoms with E-state index in [2.05, 4.69) is 25.5 Å². The van der Waals surface area contributed by atoms with Crippen molar-refractivity contribution in [2.45, 2.75) is 31.7 Å². The Morgan fingerprint density at radius 1 is 0.887 bits per heavy atom. The molecule has 2 aromatic heterocycles. The van der Waals surface area contributed by atoms with E-state index >= 15 is 0 Å². The van der Waals surface area contributed by atoms with Crippen molar-refractivity contribution in [2.75, 3.05) is 84.1 Å². The van der Waals surface area contributed by atoms with Gasteiger partial charge >= 0.3 is 0 Å². The van der Waals surface area contributed by atoms with E-state index in [-0.39, 0.29) is 30.1 Å². The molecule has 14 nitrogen and oxygen atoms in total. The molecule has 2 amide bonds. The van der Waals surface area contributed by atoms with Crippen LogP contribution in [0.2, 0.25) is 0 Å². The number of nitrogens with zero attached hydrogens (tertiary/aromatic N) is 5. The molecular weight excluding hydrogens is 714 g/mol. The highest BCUT2D eigenvalue weighted by atomic mass is 32.1. The zero-order chi connectivity index (χ0) is 36.8. The van der Waals surface area contributed by atoms with Gasteiger partial charge in [-0.1, -0.05) is 17.3 Å². The molecule has 2 saturated heterocycles. The summed E-state index contributed by atoms with van der Waals surface area (Å²) in [7, 11) is 0. The summed E-state index contributed by atoms with van der Waals surface area (Å²) in [5, 5.41) is 13.2. The predicted molar refractivity (Wildman–Crippen MR) is 189 cm³/mol. The number of ether oxygens (including phenoxy) is 6. The monoisotopic (exact) mass is 756 g/mol. The average molecular weight is 757 g/mol. The lowest BCUT2D eigenvalue weighted by atomic mass is 9.90. The number of aromatic nitrogens is 4. The number of halogens is 2. The van der Waals surface area contributed by atoms with Crippen molar-refractivity contribution in [3.05, 3.63) is 70.9 Å². The van der Waals surface area contributed by atoms with Crippen molar-refractivity contribution in [2.24, 2.45) is 0 Å². The molecule has 6 rings (SSSR count). The number of imide groups is 1. The van der Waals surface area contributed by atoms with Crippen LogP contribution in [-0.2, 0) is 41.5 Å². The fourth-order valence-electron chi connectivity index (χ4n) is 5.71. The van der Waals surface area contributed by atoms with Gasteiger partial charge in [0.2, 0.25) is 17.6 Å². The third-order valence-corrected chi connectivity index (χ3v) is 9.42. The second kappa shape index (κ2) is 19.5. The molecule has 2 fully saturated rings. The molecule has 1 N–H and O–H groups in total. The third kappa shape index (κ3) is 11.0. The van der Waals surface area contributed by atoms with Crippen LogP contribution in [0.1, 0.15) is 30.0 Å². The van der Waals surface area contributed by atoms with E-state index in [1.165, 1.54) is 17.4 Å². The van der Waals surface area contributed by atoms with Crippen molar-refractivity contribution >= 4 is 28.3 Å². The van der Waals surface area contributed by atoms with Crippen molar-refractivity contribution in [1.29, 1.82) is 0 Å². The fourth-order valence-corrected chi connectivity index (χ4v) is 6.59. The Labute approximate surface area is 309 Å². The van der Waals surface area contributed by atoms with Crippen LogP contribution in [-0.4, -0.2) is 111 Å². The lowest BCUT2D eigenvalue weighted by Crippen LogP contribution is -2.39. The van der Waals surface area contributed by atoms with Gasteiger partial charge < -0.3 is 33.3 Å². The predicted octanol–water partition coefficient (Wildman–Crippen LogP) is 3.79. The smallest absolute Gasteiger partial charge is 0.234 e. The molecule has 2 aliphatic rings. The van der Waals surface area contributed by atoms with Crippen molar-refractivity contribution in [3.63, 3.8) is 0 Å². The summed E-state index contributed by atoms with van der Waals surface area (Å²) >= 11 is 1.44. The molecule has 4 heterocycles. The van der Waals surface area contributed by atoms with Crippen LogP contribution in [0.4, 0.5) is 13.9 Å². The Hall–Kier alpha value is -4.55. The van der Waals surface area contributed by atoms with Crippen LogP contribution < -0.4 is 19.7 Å². The summed E-state index contributed by atoms with van der Waals surface area (Å²) in [6, 6.07) is 9.86. The van der Waals surface area contributed by atoms with Gasteiger partial charge in [-0.2, -0.15) is 4.39 Å². The molecule has 284 valence electrons. The second-order valence-corrected chi connectivity index (χ2v) is 13.0. The van der Waals surface area contributed by atoms with Gasteiger partial charge in [0.25, 0.3) is 0 Å². The van der Waals surface area contributed by atoms with Crippen LogP contribution in [0.25, 0.3) is 11.3 Å². The summed E-state index contributed by atoms with van der Waals surface area (Å²) < 4.78 is 64.3. The standard InChI is InChI=1S/C36H42F2N6O8S/c37-30-7-5-29(31-24-53-36(39-31)43-10-14-47-15-11-43)34(33(30)38)52-13-9-26-23-44(42-41-26)12-16-48-17-18-49-19-20-50-21-22-51-27-3-1-25(2-4-27)28-6-8-32(45)40-35(28)46/h1-5,7,23-24,28H,6,8-22H2,(H,40,45,46). The Kier molecular flexibility index (Phi) is 14.1. The normalized spacial score (nSPS) is 16.2. The maximum Gasteiger partial charge on any atom is 0.234 e. The van der Waals surface area contributed by atoms with Crippen LogP contribution in [0.5, 0.6) is 11.5 Å². The summed E-state index contributed by atoms with van der Waals surface area (Å²) in [5.74, 6) is -2.36. The van der Waals surface area contributed by atoms with E-state index in [0.717, 1.165) is 29.9 Å². The van der Waals surface area contributed by atoms with E-state index in [1.54, 1.807) is 23.0 Å². The number of carbonyl (C=O) groups excluding carboxylic acids is 2. The number of nitrogens with one attached hydrogen (secondary N) is 1. The Bertz CT molecular complexity index is 1790. The number of anilines is 1. The highest BCUT2D eigenvalue weighted by Crippen LogP contribution is 2.36. The topological polar surface area (TPSA) is 148 Å². The van der Waals surface area contributed by atoms with Gasteiger partial charge in [-0.25, -0.2) is 14.1 Å². The highest BCUT2D eigenvalue weighted by molar-refractivity contribution is 7.14. The molecule has 0 aliphatic carbocycles. The number of amides is 2. The maximum atomic E-state index is 14.9. The molecule has 0 spiro atoms. The Balaban J connectivity index is 0.803. The largest absolute Gasteiger partial charge is 0.491 e. The highest BCUT2D eigenvalue weighted by Gasteiger charge is 2.28. The van der Waals surface area contributed by atoms with Crippen molar-refractivity contribution < 1.29 is 46.8 Å². The SMILES string of the molecule is O=C1CCC(c2ccc(OCCOCCOCCOCCn3cc(CCOc4c(-c5csc(N6CCOCC6)n5)ccc(F)c4F)nn3)cc2)C(=O)N1. The summed E-state index contributed by atoms with van der Waals surface area (Å²) in [4.78, 5) is 30.1. The number of morpholine rings is 1. The zero-order valence-corrected chi connectivity index (χ0v) is 30.0. The van der Waals surface area contributed by atoms with Crippen LogP contribution in [0.3, 0.4) is 0 Å². The number of carbonyl (C=O) groups is 2. The minimum Gasteiger partial charge on any atom is -0.491 e. The fraction of sp³-hybridized carbons (Fsp3) is 0.472. The zero-order valence-electron chi connectivity index (χ0n) is 29.2. The van der Waals surface area contributed by atoms with Gasteiger partial charge in [0, 0.05) is 43.1 Å². The molecule has 0 radical (unpaired) electrons. The molecular formula is C36H42F2N6O8S. The van der Waals surface area contributed by atoms with Gasteiger partial charge in [-0.15, -0.1) is 16.4 Å². The summed E-state index contributed by atoms with van der Waals surface area (Å²) in [6.07, 6.45) is 2.96. The van der Waals surface area contributed by atoms with Crippen LogP contribution >= 0.6 is 11.3 Å². The van der Waals surface area contributed by atoms with Gasteiger partial charge in [-0.05, 0) is 36.2 Å². The quantitative estimate of drug-likeness (QED) is 0.103. The number of piperidine rings is 1. The van der Waals surface area contributed by atoms with E-state index in [4.69, 9.17) is 28.4 Å². The Morgan fingerprint density at radius 3 is 2.38 bits per heavy atom. The minimum absolute atomic E-state index is 0.0685. The van der Waals surface area contributed by atoms with Gasteiger partial charge in [-0.3, -0.25) is 14.9 Å². The molecule has 0 bridgehead atoms. The second-order valence-electron chi connectivity index (χ2n) is 12.2. The van der Waals surface area contributed by atoms with E-state index in [9.17, 15) is 18.4 Å². The summed E-state index contributed by atoms with van der Waals surface area (Å²) in [6.45, 7) is 6.05. The lowest BCUT2D eigenvalue weighted by Gasteiger charge is -2.26. The van der Waals surface area contributed by atoms with E-state index in [0.29, 0.717) is 108 Å². The molecule has 17 heteroatoms. The van der Waals surface area contributed by atoms with Crippen molar-refractivity contribution in [1.82, 2.24) is 25.3 Å². The molecule has 1 atom stereocenters. The van der Waals surface area contributed by atoms with E-state index < -0.39 is 11.6 Å². The number of hydrogen-bond donors (Lipinski definition) is 1.